The number of benzene rings is 2. The number of carbonyl (C=O) groups is 1. The maximum absolute atomic E-state index is 12.3. The third-order valence-electron chi connectivity index (χ3n) is 6.45. The topological polar surface area (TPSA) is 44.7 Å². The van der Waals surface area contributed by atoms with Crippen LogP contribution in [0.4, 0.5) is 0 Å². The van der Waals surface area contributed by atoms with Crippen molar-refractivity contribution >= 4 is 24.6 Å². The molecule has 0 radical (unpaired) electrons. The first-order valence-corrected chi connectivity index (χ1v) is 12.8. The summed E-state index contributed by atoms with van der Waals surface area (Å²) in [4.78, 5) is 19.2. The molecule has 4 nitrogen and oxygen atoms in total. The molecule has 2 aliphatic rings. The zero-order chi connectivity index (χ0) is 22.3. The first kappa shape index (κ1) is 22.8. The Morgan fingerprint density at radius 1 is 1.09 bits per heavy atom. The zero-order valence-electron chi connectivity index (χ0n) is 19.0. The van der Waals surface area contributed by atoms with Crippen LogP contribution in [0.5, 0.6) is 0 Å². The van der Waals surface area contributed by atoms with E-state index in [1.807, 2.05) is 12.4 Å². The van der Waals surface area contributed by atoms with Crippen LogP contribution in [0, 0.1) is 11.8 Å². The van der Waals surface area contributed by atoms with E-state index in [9.17, 15) is 4.79 Å². The standard InChI is InChI=1S/C27H33N3OS/c1-30(17-20-11-12-20)19-28-26-13-14-27(29-32-2)24(25(26)18-31)16-21-7-6-10-23(15-21)22-8-4-3-5-9-22/h3-10,15,18-20,24,27,29H,11-14,16-17H2,1-2H3/b28-19-. The molecule has 1 N–H and O–H groups in total. The van der Waals surface area contributed by atoms with Crippen molar-refractivity contribution in [3.8, 4) is 11.1 Å². The van der Waals surface area contributed by atoms with E-state index in [1.54, 1.807) is 11.9 Å². The molecule has 0 amide bonds. The molecule has 1 saturated carbocycles. The van der Waals surface area contributed by atoms with E-state index in [4.69, 9.17) is 4.99 Å². The van der Waals surface area contributed by atoms with Crippen LogP contribution in [0.2, 0.25) is 0 Å². The van der Waals surface area contributed by atoms with E-state index in [2.05, 4.69) is 71.5 Å². The SMILES string of the molecule is CSNC1CCC(/N=C\N(C)CC2CC2)=C(C=O)C1Cc1cccc(-c2ccccc2)c1. The van der Waals surface area contributed by atoms with Crippen LogP contribution in [-0.2, 0) is 11.2 Å². The maximum atomic E-state index is 12.3. The molecule has 32 heavy (non-hydrogen) atoms. The number of carbonyl (C=O) groups excluding carboxylic acids is 1. The number of hydrogen-bond donors (Lipinski definition) is 1. The second-order valence-corrected chi connectivity index (χ2v) is 9.64. The molecule has 2 atom stereocenters. The van der Waals surface area contributed by atoms with Gasteiger partial charge in [0.2, 0.25) is 0 Å². The number of allylic oxidation sites excluding steroid dienone is 1. The molecule has 0 heterocycles. The van der Waals surface area contributed by atoms with E-state index < -0.39 is 0 Å². The second kappa shape index (κ2) is 11.0. The Bertz CT molecular complexity index is 968. The molecule has 2 unspecified atom stereocenters. The minimum atomic E-state index is 0.112. The predicted molar refractivity (Wildman–Crippen MR) is 136 cm³/mol. The van der Waals surface area contributed by atoms with Gasteiger partial charge in [-0.05, 0) is 61.0 Å². The van der Waals surface area contributed by atoms with Crippen molar-refractivity contribution < 1.29 is 4.79 Å². The lowest BCUT2D eigenvalue weighted by molar-refractivity contribution is -0.105. The van der Waals surface area contributed by atoms with Gasteiger partial charge >= 0.3 is 0 Å². The van der Waals surface area contributed by atoms with Gasteiger partial charge in [-0.3, -0.25) is 9.52 Å². The van der Waals surface area contributed by atoms with Gasteiger partial charge in [0.15, 0.2) is 0 Å². The monoisotopic (exact) mass is 447 g/mol. The summed E-state index contributed by atoms with van der Waals surface area (Å²) in [5.74, 6) is 0.928. The van der Waals surface area contributed by atoms with Gasteiger partial charge in [0.25, 0.3) is 0 Å². The Kier molecular flexibility index (Phi) is 7.82. The van der Waals surface area contributed by atoms with E-state index in [0.29, 0.717) is 0 Å². The zero-order valence-corrected chi connectivity index (χ0v) is 19.9. The molecular weight excluding hydrogens is 414 g/mol. The molecule has 0 spiro atoms. The van der Waals surface area contributed by atoms with Gasteiger partial charge in [-0.25, -0.2) is 4.99 Å². The van der Waals surface area contributed by atoms with Crippen LogP contribution >= 0.6 is 11.9 Å². The van der Waals surface area contributed by atoms with Gasteiger partial charge < -0.3 is 4.90 Å². The number of nitrogens with zero attached hydrogens (tertiary/aromatic N) is 2. The highest BCUT2D eigenvalue weighted by molar-refractivity contribution is 7.96. The highest BCUT2D eigenvalue weighted by atomic mass is 32.2. The summed E-state index contributed by atoms with van der Waals surface area (Å²) in [5, 5.41) is 0. The molecule has 2 aromatic rings. The third-order valence-corrected chi connectivity index (χ3v) is 6.99. The van der Waals surface area contributed by atoms with Gasteiger partial charge in [0, 0.05) is 36.8 Å². The molecule has 2 aromatic carbocycles. The predicted octanol–water partition coefficient (Wildman–Crippen LogP) is 5.37. The molecule has 0 saturated heterocycles. The molecule has 0 aliphatic heterocycles. The third kappa shape index (κ3) is 5.90. The van der Waals surface area contributed by atoms with Crippen molar-refractivity contribution in [3.63, 3.8) is 0 Å². The van der Waals surface area contributed by atoms with Crippen molar-refractivity contribution in [2.24, 2.45) is 16.8 Å². The van der Waals surface area contributed by atoms with Gasteiger partial charge in [0.05, 0.1) is 6.34 Å². The lowest BCUT2D eigenvalue weighted by atomic mass is 9.78. The lowest BCUT2D eigenvalue weighted by Crippen LogP contribution is -2.38. The largest absolute Gasteiger partial charge is 0.365 e. The summed E-state index contributed by atoms with van der Waals surface area (Å²) < 4.78 is 3.55. The van der Waals surface area contributed by atoms with Crippen LogP contribution in [0.25, 0.3) is 11.1 Å². The fraction of sp³-hybridized carbons (Fsp3) is 0.407. The summed E-state index contributed by atoms with van der Waals surface area (Å²) in [6.45, 7) is 1.06. The number of aliphatic imine (C=N–C) groups is 1. The van der Waals surface area contributed by atoms with Crippen LogP contribution in [0.15, 0.2) is 70.9 Å². The molecule has 2 aliphatic carbocycles. The van der Waals surface area contributed by atoms with Crippen LogP contribution in [0.3, 0.4) is 0 Å². The molecular formula is C27H33N3OS. The first-order valence-electron chi connectivity index (χ1n) is 11.5. The first-order chi connectivity index (χ1) is 15.7. The van der Waals surface area contributed by atoms with Gasteiger partial charge in [-0.2, -0.15) is 0 Å². The normalized spacial score (nSPS) is 21.2. The smallest absolute Gasteiger partial charge is 0.148 e. The second-order valence-electron chi connectivity index (χ2n) is 8.99. The fourth-order valence-electron chi connectivity index (χ4n) is 4.59. The summed E-state index contributed by atoms with van der Waals surface area (Å²) in [7, 11) is 2.08. The molecule has 1 fully saturated rings. The molecule has 168 valence electrons. The van der Waals surface area contributed by atoms with Crippen LogP contribution in [-0.4, -0.2) is 43.4 Å². The number of hydrogen-bond acceptors (Lipinski definition) is 4. The van der Waals surface area contributed by atoms with Gasteiger partial charge in [-0.15, -0.1) is 0 Å². The summed E-state index contributed by atoms with van der Waals surface area (Å²) in [6, 6.07) is 19.4. The summed E-state index contributed by atoms with van der Waals surface area (Å²) >= 11 is 1.63. The average Bonchev–Trinajstić information content (AvgIpc) is 3.64. The summed E-state index contributed by atoms with van der Waals surface area (Å²) in [5.41, 5.74) is 5.48. The Labute approximate surface area is 196 Å². The summed E-state index contributed by atoms with van der Waals surface area (Å²) in [6.07, 6.45) is 10.3. The Hall–Kier alpha value is -2.37. The van der Waals surface area contributed by atoms with E-state index >= 15 is 0 Å². The van der Waals surface area contributed by atoms with Gasteiger partial charge in [-0.1, -0.05) is 66.5 Å². The van der Waals surface area contributed by atoms with Crippen molar-refractivity contribution in [1.29, 1.82) is 0 Å². The van der Waals surface area contributed by atoms with Crippen LogP contribution in [0.1, 0.15) is 31.2 Å². The minimum Gasteiger partial charge on any atom is -0.365 e. The quantitative estimate of drug-likeness (QED) is 0.230. The van der Waals surface area contributed by atoms with Crippen molar-refractivity contribution in [3.05, 3.63) is 71.4 Å². The minimum absolute atomic E-state index is 0.112. The number of rotatable bonds is 10. The molecule has 5 heteroatoms. The van der Waals surface area contributed by atoms with Gasteiger partial charge in [0.1, 0.15) is 6.29 Å². The van der Waals surface area contributed by atoms with Crippen molar-refractivity contribution in [1.82, 2.24) is 9.62 Å². The highest BCUT2D eigenvalue weighted by Crippen LogP contribution is 2.34. The molecule has 0 bridgehead atoms. The van der Waals surface area contributed by atoms with Crippen molar-refractivity contribution in [2.75, 3.05) is 19.8 Å². The Morgan fingerprint density at radius 2 is 1.88 bits per heavy atom. The maximum Gasteiger partial charge on any atom is 0.148 e. The lowest BCUT2D eigenvalue weighted by Gasteiger charge is -2.33. The van der Waals surface area contributed by atoms with Crippen LogP contribution < -0.4 is 4.72 Å². The number of nitrogens with one attached hydrogen (secondary N) is 1. The Balaban J connectivity index is 1.58. The highest BCUT2D eigenvalue weighted by Gasteiger charge is 2.31. The average molecular weight is 448 g/mol. The molecule has 0 aromatic heterocycles. The number of aldehydes is 1. The molecule has 4 rings (SSSR count). The van der Waals surface area contributed by atoms with E-state index in [1.165, 1.54) is 29.5 Å². The van der Waals surface area contributed by atoms with E-state index in [0.717, 1.165) is 49.3 Å². The van der Waals surface area contributed by atoms with Crippen molar-refractivity contribution in [2.45, 2.75) is 38.1 Å². The Morgan fingerprint density at radius 3 is 2.59 bits per heavy atom. The fourth-order valence-corrected chi connectivity index (χ4v) is 5.18. The van der Waals surface area contributed by atoms with E-state index in [-0.39, 0.29) is 12.0 Å².